The van der Waals surface area contributed by atoms with Crippen LogP contribution in [-0.4, -0.2) is 47.3 Å². The smallest absolute Gasteiger partial charge is 0.271 e. The molecule has 1 atom stereocenters. The number of hydrogen-bond acceptors (Lipinski definition) is 5. The molecule has 1 aliphatic rings. The Hall–Kier alpha value is -2.67. The lowest BCUT2D eigenvalue weighted by Crippen LogP contribution is -2.37. The van der Waals surface area contributed by atoms with Crippen LogP contribution in [0.4, 0.5) is 0 Å². The number of rotatable bonds is 8. The summed E-state index contributed by atoms with van der Waals surface area (Å²) >= 11 is 0. The Bertz CT molecular complexity index is 841. The standard InChI is InChI=1S/C21H28N4O3/c1-3-12-25-20(26)11-10-18(23-25)21(27)22-15-19(24-13-4-5-14-24)16-6-8-17(28-2)9-7-16/h6-11,19H,3-5,12-15H2,1-2H3,(H,22,27). The van der Waals surface area contributed by atoms with Gasteiger partial charge in [-0.2, -0.15) is 5.10 Å². The van der Waals surface area contributed by atoms with E-state index in [0.29, 0.717) is 13.1 Å². The van der Waals surface area contributed by atoms with Gasteiger partial charge in [0.1, 0.15) is 11.4 Å². The molecular formula is C21H28N4O3. The summed E-state index contributed by atoms with van der Waals surface area (Å²) in [4.78, 5) is 26.8. The van der Waals surface area contributed by atoms with Gasteiger partial charge in [0.15, 0.2) is 0 Å². The summed E-state index contributed by atoms with van der Waals surface area (Å²) in [5.41, 5.74) is 1.22. The molecule has 2 heterocycles. The Morgan fingerprint density at radius 2 is 1.89 bits per heavy atom. The predicted molar refractivity (Wildman–Crippen MR) is 108 cm³/mol. The molecule has 1 amide bonds. The van der Waals surface area contributed by atoms with E-state index >= 15 is 0 Å². The first-order valence-electron chi connectivity index (χ1n) is 9.86. The van der Waals surface area contributed by atoms with E-state index in [1.54, 1.807) is 7.11 Å². The van der Waals surface area contributed by atoms with E-state index in [0.717, 1.165) is 30.8 Å². The van der Waals surface area contributed by atoms with Gasteiger partial charge in [-0.1, -0.05) is 19.1 Å². The Labute approximate surface area is 165 Å². The number of nitrogens with zero attached hydrogens (tertiary/aromatic N) is 3. The summed E-state index contributed by atoms with van der Waals surface area (Å²) in [7, 11) is 1.65. The second-order valence-electron chi connectivity index (χ2n) is 7.02. The molecular weight excluding hydrogens is 356 g/mol. The largest absolute Gasteiger partial charge is 0.497 e. The molecule has 1 aromatic carbocycles. The molecule has 0 bridgehead atoms. The van der Waals surface area contributed by atoms with Crippen LogP contribution in [0.25, 0.3) is 0 Å². The van der Waals surface area contributed by atoms with E-state index in [1.165, 1.54) is 29.7 Å². The monoisotopic (exact) mass is 384 g/mol. The van der Waals surface area contributed by atoms with Gasteiger partial charge in [-0.3, -0.25) is 14.5 Å². The van der Waals surface area contributed by atoms with Crippen LogP contribution in [0.1, 0.15) is 48.3 Å². The third-order valence-corrected chi connectivity index (χ3v) is 5.07. The zero-order chi connectivity index (χ0) is 19.9. The van der Waals surface area contributed by atoms with Gasteiger partial charge in [0.25, 0.3) is 11.5 Å². The van der Waals surface area contributed by atoms with E-state index < -0.39 is 0 Å². The number of aromatic nitrogens is 2. The minimum Gasteiger partial charge on any atom is -0.497 e. The van der Waals surface area contributed by atoms with Gasteiger partial charge in [-0.15, -0.1) is 0 Å². The summed E-state index contributed by atoms with van der Waals surface area (Å²) in [6.07, 6.45) is 3.13. The average Bonchev–Trinajstić information content (AvgIpc) is 3.25. The van der Waals surface area contributed by atoms with Gasteiger partial charge in [0.2, 0.25) is 0 Å². The molecule has 2 aromatic rings. The first-order chi connectivity index (χ1) is 13.6. The molecule has 1 aromatic heterocycles. The first kappa shape index (κ1) is 20.1. The number of amides is 1. The molecule has 0 spiro atoms. The molecule has 7 nitrogen and oxygen atoms in total. The molecule has 150 valence electrons. The number of aryl methyl sites for hydroxylation is 1. The van der Waals surface area contributed by atoms with Crippen LogP contribution in [0.3, 0.4) is 0 Å². The van der Waals surface area contributed by atoms with Crippen molar-refractivity contribution in [3.8, 4) is 5.75 Å². The first-order valence-corrected chi connectivity index (χ1v) is 9.86. The van der Waals surface area contributed by atoms with Gasteiger partial charge in [0, 0.05) is 19.2 Å². The van der Waals surface area contributed by atoms with Gasteiger partial charge in [-0.05, 0) is 56.1 Å². The number of nitrogens with one attached hydrogen (secondary N) is 1. The molecule has 0 saturated carbocycles. The van der Waals surface area contributed by atoms with Gasteiger partial charge < -0.3 is 10.1 Å². The maximum Gasteiger partial charge on any atom is 0.271 e. The molecule has 0 radical (unpaired) electrons. The Morgan fingerprint density at radius 3 is 2.54 bits per heavy atom. The molecule has 7 heteroatoms. The molecule has 1 N–H and O–H groups in total. The maximum atomic E-state index is 12.6. The van der Waals surface area contributed by atoms with E-state index in [4.69, 9.17) is 4.74 Å². The zero-order valence-electron chi connectivity index (χ0n) is 16.6. The highest BCUT2D eigenvalue weighted by Gasteiger charge is 2.24. The Kier molecular flexibility index (Phi) is 6.81. The van der Waals surface area contributed by atoms with Crippen molar-refractivity contribution in [2.24, 2.45) is 0 Å². The molecule has 0 aliphatic carbocycles. The summed E-state index contributed by atoms with van der Waals surface area (Å²) in [5.74, 6) is 0.554. The summed E-state index contributed by atoms with van der Waals surface area (Å²) in [5, 5.41) is 7.20. The quantitative estimate of drug-likeness (QED) is 0.755. The second-order valence-corrected chi connectivity index (χ2v) is 7.02. The lowest BCUT2D eigenvalue weighted by Gasteiger charge is -2.28. The number of ether oxygens (including phenoxy) is 1. The third kappa shape index (κ3) is 4.78. The highest BCUT2D eigenvalue weighted by molar-refractivity contribution is 5.92. The van der Waals surface area contributed by atoms with Gasteiger partial charge in [-0.25, -0.2) is 4.68 Å². The van der Waals surface area contributed by atoms with Crippen LogP contribution in [0, 0.1) is 0 Å². The number of benzene rings is 1. The van der Waals surface area contributed by atoms with Crippen molar-refractivity contribution in [2.45, 2.75) is 38.8 Å². The SMILES string of the molecule is CCCn1nc(C(=O)NCC(c2ccc(OC)cc2)N2CCCC2)ccc1=O. The molecule has 3 rings (SSSR count). The summed E-state index contributed by atoms with van der Waals surface area (Å²) in [6, 6.07) is 11.0. The molecule has 28 heavy (non-hydrogen) atoms. The van der Waals surface area contributed by atoms with Gasteiger partial charge >= 0.3 is 0 Å². The van der Waals surface area contributed by atoms with Crippen LogP contribution < -0.4 is 15.6 Å². The molecule has 1 saturated heterocycles. The van der Waals surface area contributed by atoms with E-state index in [2.05, 4.69) is 15.3 Å². The van der Waals surface area contributed by atoms with Crippen LogP contribution in [0.2, 0.25) is 0 Å². The highest BCUT2D eigenvalue weighted by Crippen LogP contribution is 2.26. The normalized spacial score (nSPS) is 15.4. The van der Waals surface area contributed by atoms with Crippen molar-refractivity contribution in [2.75, 3.05) is 26.7 Å². The lowest BCUT2D eigenvalue weighted by molar-refractivity contribution is 0.0930. The lowest BCUT2D eigenvalue weighted by atomic mass is 10.1. The van der Waals surface area contributed by atoms with Crippen LogP contribution >= 0.6 is 0 Å². The predicted octanol–water partition coefficient (Wildman–Crippen LogP) is 2.23. The van der Waals surface area contributed by atoms with Crippen LogP contribution in [-0.2, 0) is 6.54 Å². The fourth-order valence-electron chi connectivity index (χ4n) is 3.56. The fraction of sp³-hybridized carbons (Fsp3) is 0.476. The fourth-order valence-corrected chi connectivity index (χ4v) is 3.56. The number of likely N-dealkylation sites (tertiary alicyclic amines) is 1. The van der Waals surface area contributed by atoms with Crippen molar-refractivity contribution in [1.82, 2.24) is 20.0 Å². The van der Waals surface area contributed by atoms with Crippen LogP contribution in [0.15, 0.2) is 41.2 Å². The molecule has 1 aliphatic heterocycles. The van der Waals surface area contributed by atoms with E-state index in [-0.39, 0.29) is 23.2 Å². The van der Waals surface area contributed by atoms with Crippen molar-refractivity contribution in [3.05, 3.63) is 58.0 Å². The third-order valence-electron chi connectivity index (χ3n) is 5.07. The summed E-state index contributed by atoms with van der Waals surface area (Å²) < 4.78 is 6.60. The second kappa shape index (κ2) is 9.50. The Balaban J connectivity index is 1.73. The number of carbonyl (C=O) groups excluding carboxylic acids is 1. The summed E-state index contributed by atoms with van der Waals surface area (Å²) in [6.45, 7) is 5.00. The van der Waals surface area contributed by atoms with Gasteiger partial charge in [0.05, 0.1) is 13.2 Å². The van der Waals surface area contributed by atoms with Crippen LogP contribution in [0.5, 0.6) is 5.75 Å². The van der Waals surface area contributed by atoms with Crippen molar-refractivity contribution in [1.29, 1.82) is 0 Å². The molecule has 1 unspecified atom stereocenters. The highest BCUT2D eigenvalue weighted by atomic mass is 16.5. The number of methoxy groups -OCH3 is 1. The van der Waals surface area contributed by atoms with Crippen molar-refractivity contribution < 1.29 is 9.53 Å². The number of carbonyl (C=O) groups is 1. The van der Waals surface area contributed by atoms with Crippen molar-refractivity contribution >= 4 is 5.91 Å². The minimum atomic E-state index is -0.262. The van der Waals surface area contributed by atoms with E-state index in [9.17, 15) is 9.59 Å². The maximum absolute atomic E-state index is 12.6. The Morgan fingerprint density at radius 1 is 1.18 bits per heavy atom. The average molecular weight is 384 g/mol. The zero-order valence-corrected chi connectivity index (χ0v) is 16.6. The number of hydrogen-bond donors (Lipinski definition) is 1. The molecule has 1 fully saturated rings. The van der Waals surface area contributed by atoms with E-state index in [1.807, 2.05) is 31.2 Å². The van der Waals surface area contributed by atoms with Crippen molar-refractivity contribution in [3.63, 3.8) is 0 Å². The topological polar surface area (TPSA) is 76.5 Å². The minimum absolute atomic E-state index is 0.0962.